The summed E-state index contributed by atoms with van der Waals surface area (Å²) in [5.74, 6) is -1.15. The zero-order chi connectivity index (χ0) is 15.6. The molecule has 0 aliphatic rings. The number of anilines is 1. The topological polar surface area (TPSA) is 113 Å². The molecule has 108 valence electrons. The second-order valence-corrected chi connectivity index (χ2v) is 6.75. The van der Waals surface area contributed by atoms with E-state index < -0.39 is 26.5 Å². The zero-order valence-electron chi connectivity index (χ0n) is 10.1. The van der Waals surface area contributed by atoms with E-state index in [2.05, 4.69) is 4.72 Å². The predicted octanol–water partition coefficient (Wildman–Crippen LogP) is 2.47. The molecule has 0 amide bonds. The SMILES string of the molecule is N#Cc1ccc(S(=O)(=O)Nc2ccc([N+](=O)[O-])c(F)c2)s1. The molecule has 0 radical (unpaired) electrons. The number of thiophene rings is 1. The summed E-state index contributed by atoms with van der Waals surface area (Å²) in [4.78, 5) is 9.78. The van der Waals surface area contributed by atoms with Crippen molar-refractivity contribution in [2.24, 2.45) is 0 Å². The number of halogens is 1. The number of rotatable bonds is 4. The molecule has 0 aliphatic carbocycles. The second-order valence-electron chi connectivity index (χ2n) is 3.76. The van der Waals surface area contributed by atoms with Gasteiger partial charge in [-0.05, 0) is 18.2 Å². The van der Waals surface area contributed by atoms with Crippen LogP contribution in [-0.2, 0) is 10.0 Å². The van der Waals surface area contributed by atoms with Crippen LogP contribution < -0.4 is 4.72 Å². The van der Waals surface area contributed by atoms with E-state index in [9.17, 15) is 22.9 Å². The van der Waals surface area contributed by atoms with Crippen molar-refractivity contribution in [2.75, 3.05) is 4.72 Å². The summed E-state index contributed by atoms with van der Waals surface area (Å²) in [6.07, 6.45) is 0. The Bertz CT molecular complexity index is 855. The van der Waals surface area contributed by atoms with Gasteiger partial charge in [-0.15, -0.1) is 11.3 Å². The molecule has 1 N–H and O–H groups in total. The maximum absolute atomic E-state index is 13.4. The Kier molecular flexibility index (Phi) is 3.88. The Balaban J connectivity index is 2.31. The van der Waals surface area contributed by atoms with Crippen molar-refractivity contribution in [3.63, 3.8) is 0 Å². The van der Waals surface area contributed by atoms with Gasteiger partial charge in [-0.2, -0.15) is 9.65 Å². The lowest BCUT2D eigenvalue weighted by Gasteiger charge is -2.06. The van der Waals surface area contributed by atoms with Crippen LogP contribution in [0.4, 0.5) is 15.8 Å². The summed E-state index contributed by atoms with van der Waals surface area (Å²) < 4.78 is 39.4. The second kappa shape index (κ2) is 5.47. The van der Waals surface area contributed by atoms with Crippen LogP contribution in [0.3, 0.4) is 0 Å². The quantitative estimate of drug-likeness (QED) is 0.684. The van der Waals surface area contributed by atoms with Crippen LogP contribution in [0.1, 0.15) is 4.88 Å². The Morgan fingerprint density at radius 2 is 2.05 bits per heavy atom. The molecule has 1 aromatic carbocycles. The molecule has 0 unspecified atom stereocenters. The molecule has 10 heteroatoms. The predicted molar refractivity (Wildman–Crippen MR) is 72.9 cm³/mol. The van der Waals surface area contributed by atoms with Gasteiger partial charge < -0.3 is 0 Å². The number of nitro benzene ring substituents is 1. The van der Waals surface area contributed by atoms with Crippen LogP contribution in [0.5, 0.6) is 0 Å². The highest BCUT2D eigenvalue weighted by Gasteiger charge is 2.19. The monoisotopic (exact) mass is 327 g/mol. The van der Waals surface area contributed by atoms with Crippen LogP contribution in [0.2, 0.25) is 0 Å². The van der Waals surface area contributed by atoms with Gasteiger partial charge in [-0.1, -0.05) is 0 Å². The van der Waals surface area contributed by atoms with Crippen molar-refractivity contribution in [3.05, 3.63) is 51.1 Å². The highest BCUT2D eigenvalue weighted by molar-refractivity contribution is 7.94. The lowest BCUT2D eigenvalue weighted by molar-refractivity contribution is -0.387. The molecule has 0 bridgehead atoms. The van der Waals surface area contributed by atoms with Crippen molar-refractivity contribution < 1.29 is 17.7 Å². The van der Waals surface area contributed by atoms with Crippen molar-refractivity contribution in [3.8, 4) is 6.07 Å². The molecule has 0 fully saturated rings. The van der Waals surface area contributed by atoms with Crippen LogP contribution in [-0.4, -0.2) is 13.3 Å². The number of hydrogen-bond acceptors (Lipinski definition) is 6. The van der Waals surface area contributed by atoms with Crippen LogP contribution >= 0.6 is 11.3 Å². The fourth-order valence-corrected chi connectivity index (χ4v) is 3.60. The lowest BCUT2D eigenvalue weighted by atomic mass is 10.3. The van der Waals surface area contributed by atoms with E-state index in [4.69, 9.17) is 5.26 Å². The molecular formula is C11H6FN3O4S2. The minimum atomic E-state index is -3.97. The molecule has 0 saturated heterocycles. The fraction of sp³-hybridized carbons (Fsp3) is 0. The number of nitriles is 1. The maximum atomic E-state index is 13.4. The van der Waals surface area contributed by atoms with Gasteiger partial charge in [-0.25, -0.2) is 8.42 Å². The first-order valence-electron chi connectivity index (χ1n) is 5.30. The summed E-state index contributed by atoms with van der Waals surface area (Å²) in [7, 11) is -3.97. The van der Waals surface area contributed by atoms with Crippen LogP contribution in [0.25, 0.3) is 0 Å². The molecule has 1 aromatic heterocycles. The van der Waals surface area contributed by atoms with Gasteiger partial charge in [0.15, 0.2) is 0 Å². The largest absolute Gasteiger partial charge is 0.304 e. The molecular weight excluding hydrogens is 321 g/mol. The molecule has 2 rings (SSSR count). The van der Waals surface area contributed by atoms with Crippen molar-refractivity contribution in [2.45, 2.75) is 4.21 Å². The van der Waals surface area contributed by atoms with E-state index in [0.29, 0.717) is 6.07 Å². The molecule has 0 atom stereocenters. The average Bonchev–Trinajstić information content (AvgIpc) is 2.87. The summed E-state index contributed by atoms with van der Waals surface area (Å²) in [5.41, 5.74) is -0.897. The number of nitrogens with one attached hydrogen (secondary N) is 1. The Morgan fingerprint density at radius 1 is 1.33 bits per heavy atom. The maximum Gasteiger partial charge on any atom is 0.304 e. The van der Waals surface area contributed by atoms with Gasteiger partial charge in [0.05, 0.1) is 10.6 Å². The minimum absolute atomic E-state index is 0.113. The van der Waals surface area contributed by atoms with Crippen molar-refractivity contribution in [1.29, 1.82) is 5.26 Å². The smallest absolute Gasteiger partial charge is 0.279 e. The average molecular weight is 327 g/mol. The standard InChI is InChI=1S/C11H6FN3O4S2/c12-9-5-7(1-3-10(9)15(16)17)14-21(18,19)11-4-2-8(6-13)20-11/h1-5,14H. The van der Waals surface area contributed by atoms with E-state index in [1.807, 2.05) is 0 Å². The molecule has 2 aromatic rings. The summed E-state index contributed by atoms with van der Waals surface area (Å²) in [6.45, 7) is 0. The third-order valence-corrected chi connectivity index (χ3v) is 5.22. The number of nitrogens with zero attached hydrogens (tertiary/aromatic N) is 2. The summed E-state index contributed by atoms with van der Waals surface area (Å²) in [6, 6.07) is 7.05. The number of hydrogen-bond donors (Lipinski definition) is 1. The Labute approximate surface area is 122 Å². The number of sulfonamides is 1. The first kappa shape index (κ1) is 14.9. The molecule has 7 nitrogen and oxygen atoms in total. The Morgan fingerprint density at radius 3 is 2.57 bits per heavy atom. The van der Waals surface area contributed by atoms with E-state index in [1.54, 1.807) is 6.07 Å². The molecule has 0 saturated carbocycles. The van der Waals surface area contributed by atoms with Crippen LogP contribution in [0.15, 0.2) is 34.5 Å². The number of nitro groups is 1. The minimum Gasteiger partial charge on any atom is -0.279 e. The van der Waals surface area contributed by atoms with Gasteiger partial charge in [0, 0.05) is 12.1 Å². The Hall–Kier alpha value is -2.51. The molecule has 0 spiro atoms. The van der Waals surface area contributed by atoms with E-state index >= 15 is 0 Å². The van der Waals surface area contributed by atoms with E-state index in [0.717, 1.165) is 23.5 Å². The van der Waals surface area contributed by atoms with Gasteiger partial charge in [0.25, 0.3) is 10.0 Å². The van der Waals surface area contributed by atoms with E-state index in [1.165, 1.54) is 12.1 Å². The van der Waals surface area contributed by atoms with Gasteiger partial charge >= 0.3 is 5.69 Å². The lowest BCUT2D eigenvalue weighted by Crippen LogP contribution is -2.11. The van der Waals surface area contributed by atoms with Crippen molar-refractivity contribution >= 4 is 32.7 Å². The molecule has 1 heterocycles. The normalized spacial score (nSPS) is 10.9. The molecule has 21 heavy (non-hydrogen) atoms. The summed E-state index contributed by atoms with van der Waals surface area (Å²) in [5, 5.41) is 19.1. The summed E-state index contributed by atoms with van der Waals surface area (Å²) >= 11 is 0.758. The first-order chi connectivity index (χ1) is 9.83. The van der Waals surface area contributed by atoms with E-state index in [-0.39, 0.29) is 14.8 Å². The highest BCUT2D eigenvalue weighted by Crippen LogP contribution is 2.26. The van der Waals surface area contributed by atoms with Crippen LogP contribution in [0, 0.1) is 27.3 Å². The van der Waals surface area contributed by atoms with Crippen molar-refractivity contribution in [1.82, 2.24) is 0 Å². The third-order valence-electron chi connectivity index (χ3n) is 2.35. The zero-order valence-corrected chi connectivity index (χ0v) is 11.7. The molecule has 0 aliphatic heterocycles. The van der Waals surface area contributed by atoms with Gasteiger partial charge in [0.1, 0.15) is 15.2 Å². The van der Waals surface area contributed by atoms with Gasteiger partial charge in [-0.3, -0.25) is 14.8 Å². The highest BCUT2D eigenvalue weighted by atomic mass is 32.2. The number of benzene rings is 1. The first-order valence-corrected chi connectivity index (χ1v) is 7.60. The third kappa shape index (κ3) is 3.15. The van der Waals surface area contributed by atoms with Gasteiger partial charge in [0.2, 0.25) is 5.82 Å². The fourth-order valence-electron chi connectivity index (χ4n) is 1.45.